The Morgan fingerprint density at radius 3 is 2.72 bits per heavy atom. The molecule has 0 aliphatic rings. The van der Waals surface area contributed by atoms with Gasteiger partial charge in [0.25, 0.3) is 0 Å². The van der Waals surface area contributed by atoms with Crippen molar-refractivity contribution >= 4 is 11.6 Å². The van der Waals surface area contributed by atoms with Gasteiger partial charge in [-0.25, -0.2) is 14.4 Å². The van der Waals surface area contributed by atoms with Crippen molar-refractivity contribution in [2.75, 3.05) is 5.32 Å². The van der Waals surface area contributed by atoms with E-state index in [1.165, 1.54) is 24.5 Å². The highest BCUT2D eigenvalue weighted by Crippen LogP contribution is 2.16. The zero-order chi connectivity index (χ0) is 13.0. The number of anilines is 1. The number of primary amides is 1. The molecule has 2 rings (SSSR count). The first kappa shape index (κ1) is 12.0. The van der Waals surface area contributed by atoms with Crippen LogP contribution >= 0.6 is 0 Å². The second-order valence-corrected chi connectivity index (χ2v) is 3.66. The molecule has 5 nitrogen and oxygen atoms in total. The van der Waals surface area contributed by atoms with Crippen molar-refractivity contribution in [1.82, 2.24) is 9.97 Å². The highest BCUT2D eigenvalue weighted by Gasteiger charge is 2.06. The van der Waals surface area contributed by atoms with Gasteiger partial charge < -0.3 is 11.1 Å². The summed E-state index contributed by atoms with van der Waals surface area (Å²) in [6, 6.07) is 3.92. The quantitative estimate of drug-likeness (QED) is 0.852. The van der Waals surface area contributed by atoms with E-state index in [-0.39, 0.29) is 11.3 Å². The first-order valence-electron chi connectivity index (χ1n) is 5.24. The highest BCUT2D eigenvalue weighted by atomic mass is 19.1. The molecule has 1 aromatic heterocycles. The Labute approximate surface area is 103 Å². The molecule has 1 amide bonds. The molecule has 1 heterocycles. The summed E-state index contributed by atoms with van der Waals surface area (Å²) in [5.74, 6) is -1.04. The van der Waals surface area contributed by atoms with Gasteiger partial charge in [-0.3, -0.25) is 4.79 Å². The molecule has 18 heavy (non-hydrogen) atoms. The van der Waals surface area contributed by atoms with E-state index in [2.05, 4.69) is 15.3 Å². The minimum absolute atomic E-state index is 0.218. The maximum Gasteiger partial charge on any atom is 0.248 e. The van der Waals surface area contributed by atoms with Gasteiger partial charge in [0.15, 0.2) is 0 Å². The summed E-state index contributed by atoms with van der Waals surface area (Å²) in [6.07, 6.45) is 4.66. The van der Waals surface area contributed by atoms with Gasteiger partial charge in [-0.05, 0) is 18.2 Å². The molecule has 0 saturated carbocycles. The fourth-order valence-corrected chi connectivity index (χ4v) is 1.43. The summed E-state index contributed by atoms with van der Waals surface area (Å²) in [6.45, 7) is 0.361. The van der Waals surface area contributed by atoms with E-state index in [1.54, 1.807) is 12.4 Å². The molecule has 0 fully saturated rings. The lowest BCUT2D eigenvalue weighted by molar-refractivity contribution is 0.100. The fourth-order valence-electron chi connectivity index (χ4n) is 1.43. The molecule has 0 atom stereocenters. The predicted octanol–water partition coefficient (Wildman–Crippen LogP) is 1.33. The van der Waals surface area contributed by atoms with E-state index in [0.29, 0.717) is 6.54 Å². The van der Waals surface area contributed by atoms with Gasteiger partial charge in [0.2, 0.25) is 5.91 Å². The number of amides is 1. The van der Waals surface area contributed by atoms with E-state index in [0.717, 1.165) is 5.56 Å². The molecular weight excluding hydrogens is 235 g/mol. The normalized spacial score (nSPS) is 10.1. The van der Waals surface area contributed by atoms with E-state index < -0.39 is 11.7 Å². The van der Waals surface area contributed by atoms with Crippen LogP contribution in [0.2, 0.25) is 0 Å². The first-order valence-corrected chi connectivity index (χ1v) is 5.24. The van der Waals surface area contributed by atoms with Crippen LogP contribution in [0, 0.1) is 5.82 Å². The maximum absolute atomic E-state index is 13.5. The molecule has 1 aromatic carbocycles. The predicted molar refractivity (Wildman–Crippen MR) is 64.3 cm³/mol. The Morgan fingerprint density at radius 1 is 1.33 bits per heavy atom. The number of carbonyl (C=O) groups excluding carboxylic acids is 1. The Balaban J connectivity index is 2.14. The monoisotopic (exact) mass is 246 g/mol. The van der Waals surface area contributed by atoms with E-state index in [9.17, 15) is 9.18 Å². The lowest BCUT2D eigenvalue weighted by Gasteiger charge is -2.08. The lowest BCUT2D eigenvalue weighted by atomic mass is 10.2. The minimum Gasteiger partial charge on any atom is -0.378 e. The Morgan fingerprint density at radius 2 is 2.06 bits per heavy atom. The number of aromatic nitrogens is 2. The third-order valence-electron chi connectivity index (χ3n) is 2.35. The largest absolute Gasteiger partial charge is 0.378 e. The van der Waals surface area contributed by atoms with Crippen LogP contribution in [0.25, 0.3) is 0 Å². The van der Waals surface area contributed by atoms with Crippen LogP contribution in [0.5, 0.6) is 0 Å². The molecule has 6 heteroatoms. The van der Waals surface area contributed by atoms with Crippen LogP contribution < -0.4 is 11.1 Å². The standard InChI is InChI=1S/C12H11FN4O/c13-10-2-1-9(12(14)18)3-11(10)17-6-8-4-15-7-16-5-8/h1-5,7,17H,6H2,(H2,14,18). The second-order valence-electron chi connectivity index (χ2n) is 3.66. The molecule has 2 aromatic rings. The Hall–Kier alpha value is -2.50. The number of nitrogens with two attached hydrogens (primary N) is 1. The molecule has 0 unspecified atom stereocenters. The summed E-state index contributed by atoms with van der Waals surface area (Å²) in [7, 11) is 0. The van der Waals surface area contributed by atoms with Crippen molar-refractivity contribution in [3.05, 3.63) is 53.9 Å². The maximum atomic E-state index is 13.5. The van der Waals surface area contributed by atoms with Gasteiger partial charge in [-0.1, -0.05) is 0 Å². The van der Waals surface area contributed by atoms with Crippen molar-refractivity contribution in [3.63, 3.8) is 0 Å². The molecule has 0 aliphatic carbocycles. The summed E-state index contributed by atoms with van der Waals surface area (Å²) in [4.78, 5) is 18.7. The Bertz CT molecular complexity index is 559. The van der Waals surface area contributed by atoms with Crippen LogP contribution in [-0.4, -0.2) is 15.9 Å². The summed E-state index contributed by atoms with van der Waals surface area (Å²) in [5, 5.41) is 2.86. The molecule has 0 spiro atoms. The van der Waals surface area contributed by atoms with Crippen LogP contribution in [0.1, 0.15) is 15.9 Å². The number of nitrogens with zero attached hydrogens (tertiary/aromatic N) is 2. The molecule has 92 valence electrons. The van der Waals surface area contributed by atoms with Crippen molar-refractivity contribution in [2.24, 2.45) is 5.73 Å². The third-order valence-corrected chi connectivity index (χ3v) is 2.35. The van der Waals surface area contributed by atoms with Crippen molar-refractivity contribution in [1.29, 1.82) is 0 Å². The van der Waals surface area contributed by atoms with Gasteiger partial charge >= 0.3 is 0 Å². The number of hydrogen-bond acceptors (Lipinski definition) is 4. The number of rotatable bonds is 4. The van der Waals surface area contributed by atoms with Gasteiger partial charge in [0.05, 0.1) is 5.69 Å². The first-order chi connectivity index (χ1) is 8.66. The van der Waals surface area contributed by atoms with E-state index in [1.807, 2.05) is 0 Å². The van der Waals surface area contributed by atoms with Crippen LogP contribution in [-0.2, 0) is 6.54 Å². The van der Waals surface area contributed by atoms with Gasteiger partial charge in [-0.15, -0.1) is 0 Å². The molecule has 3 N–H and O–H groups in total. The number of halogens is 1. The zero-order valence-corrected chi connectivity index (χ0v) is 9.43. The van der Waals surface area contributed by atoms with Crippen LogP contribution in [0.4, 0.5) is 10.1 Å². The van der Waals surface area contributed by atoms with Crippen LogP contribution in [0.3, 0.4) is 0 Å². The Kier molecular flexibility index (Phi) is 3.47. The summed E-state index contributed by atoms with van der Waals surface area (Å²) in [5.41, 5.74) is 6.41. The molecule has 0 bridgehead atoms. The molecule has 0 aliphatic heterocycles. The van der Waals surface area contributed by atoms with E-state index in [4.69, 9.17) is 5.73 Å². The topological polar surface area (TPSA) is 80.9 Å². The minimum atomic E-state index is -0.596. The van der Waals surface area contributed by atoms with Crippen molar-refractivity contribution in [3.8, 4) is 0 Å². The zero-order valence-electron chi connectivity index (χ0n) is 9.43. The molecule has 0 radical (unpaired) electrons. The highest BCUT2D eigenvalue weighted by molar-refractivity contribution is 5.93. The number of hydrogen-bond donors (Lipinski definition) is 2. The molecular formula is C12H11FN4O. The molecule has 0 saturated heterocycles. The number of nitrogens with one attached hydrogen (secondary N) is 1. The SMILES string of the molecule is NC(=O)c1ccc(F)c(NCc2cncnc2)c1. The second kappa shape index (κ2) is 5.22. The average Bonchev–Trinajstić information content (AvgIpc) is 2.38. The summed E-state index contributed by atoms with van der Waals surface area (Å²) < 4.78 is 13.5. The number of benzene rings is 1. The number of carbonyl (C=O) groups is 1. The van der Waals surface area contributed by atoms with Crippen molar-refractivity contribution < 1.29 is 9.18 Å². The van der Waals surface area contributed by atoms with E-state index >= 15 is 0 Å². The van der Waals surface area contributed by atoms with Crippen LogP contribution in [0.15, 0.2) is 36.9 Å². The third kappa shape index (κ3) is 2.79. The fraction of sp³-hybridized carbons (Fsp3) is 0.0833. The van der Waals surface area contributed by atoms with Gasteiger partial charge in [-0.2, -0.15) is 0 Å². The lowest BCUT2D eigenvalue weighted by Crippen LogP contribution is -2.12. The smallest absolute Gasteiger partial charge is 0.248 e. The van der Waals surface area contributed by atoms with Gasteiger partial charge in [0, 0.05) is 30.1 Å². The average molecular weight is 246 g/mol. The summed E-state index contributed by atoms with van der Waals surface area (Å²) >= 11 is 0. The van der Waals surface area contributed by atoms with Gasteiger partial charge in [0.1, 0.15) is 12.1 Å². The van der Waals surface area contributed by atoms with Crippen molar-refractivity contribution in [2.45, 2.75) is 6.54 Å².